The van der Waals surface area contributed by atoms with Crippen LogP contribution in [0.2, 0.25) is 0 Å². The molecule has 0 fully saturated rings. The van der Waals surface area contributed by atoms with Crippen LogP contribution < -0.4 is 10.2 Å². The lowest BCUT2D eigenvalue weighted by Crippen LogP contribution is -2.17. The minimum Gasteiger partial charge on any atom is -0.507 e. The Labute approximate surface area is 180 Å². The topological polar surface area (TPSA) is 70.9 Å². The minimum atomic E-state index is -0.488. The molecular weight excluding hydrogens is 388 g/mol. The first-order chi connectivity index (χ1) is 15.1. The maximum Gasteiger partial charge on any atom is 0.275 e. The van der Waals surface area contributed by atoms with Crippen LogP contribution in [0.3, 0.4) is 0 Å². The summed E-state index contributed by atoms with van der Waals surface area (Å²) in [5, 5.41) is 16.0. The van der Waals surface area contributed by atoms with Gasteiger partial charge in [0.1, 0.15) is 18.1 Å². The number of nitrogens with zero attached hydrogens (tertiary/aromatic N) is 1. The van der Waals surface area contributed by atoms with Crippen molar-refractivity contribution in [3.63, 3.8) is 0 Å². The summed E-state index contributed by atoms with van der Waals surface area (Å²) in [7, 11) is 0. The third kappa shape index (κ3) is 4.90. The fourth-order valence-corrected chi connectivity index (χ4v) is 3.19. The number of aromatic hydroxyl groups is 1. The predicted octanol–water partition coefficient (Wildman–Crippen LogP) is 5.20. The first-order valence-corrected chi connectivity index (χ1v) is 9.93. The molecule has 5 heteroatoms. The molecule has 0 aliphatic carbocycles. The Hall–Kier alpha value is -4.12. The second-order valence-electron chi connectivity index (χ2n) is 7.23. The average molecular weight is 410 g/mol. The number of benzene rings is 4. The molecule has 154 valence electrons. The Morgan fingerprint density at radius 2 is 1.65 bits per heavy atom. The molecule has 0 aliphatic heterocycles. The number of carbonyl (C=O) groups is 1. The predicted molar refractivity (Wildman–Crippen MR) is 123 cm³/mol. The van der Waals surface area contributed by atoms with Gasteiger partial charge >= 0.3 is 0 Å². The molecule has 2 N–H and O–H groups in total. The van der Waals surface area contributed by atoms with Crippen LogP contribution in [-0.4, -0.2) is 17.2 Å². The summed E-state index contributed by atoms with van der Waals surface area (Å²) < 4.78 is 5.93. The van der Waals surface area contributed by atoms with Gasteiger partial charge in [-0.2, -0.15) is 5.10 Å². The van der Waals surface area contributed by atoms with Crippen molar-refractivity contribution < 1.29 is 14.6 Å². The standard InChI is InChI=1S/C26H22N2O3/c1-18-10-12-19(13-11-18)17-31-25-9-5-4-8-22(25)16-27-28-26(30)23-14-20-6-2-3-7-21(20)15-24(23)29/h2-16,29H,17H2,1H3,(H,28,30). The van der Waals surface area contributed by atoms with E-state index >= 15 is 0 Å². The van der Waals surface area contributed by atoms with Crippen LogP contribution >= 0.6 is 0 Å². The zero-order chi connectivity index (χ0) is 21.6. The normalized spacial score (nSPS) is 11.0. The third-order valence-electron chi connectivity index (χ3n) is 4.91. The van der Waals surface area contributed by atoms with Crippen molar-refractivity contribution >= 4 is 22.9 Å². The van der Waals surface area contributed by atoms with E-state index in [1.807, 2.05) is 79.7 Å². The van der Waals surface area contributed by atoms with Crippen molar-refractivity contribution in [2.75, 3.05) is 0 Å². The Bertz CT molecular complexity index is 1250. The fraction of sp³-hybridized carbons (Fsp3) is 0.0769. The van der Waals surface area contributed by atoms with Crippen LogP contribution in [0.15, 0.2) is 90.0 Å². The first-order valence-electron chi connectivity index (χ1n) is 9.93. The van der Waals surface area contributed by atoms with E-state index in [1.165, 1.54) is 11.8 Å². The van der Waals surface area contributed by atoms with Gasteiger partial charge in [-0.05, 0) is 47.5 Å². The van der Waals surface area contributed by atoms with Crippen LogP contribution in [0.4, 0.5) is 0 Å². The number of hydrogen-bond acceptors (Lipinski definition) is 4. The van der Waals surface area contributed by atoms with Crippen molar-refractivity contribution in [1.29, 1.82) is 0 Å². The molecule has 5 nitrogen and oxygen atoms in total. The number of phenols is 1. The van der Waals surface area contributed by atoms with Crippen molar-refractivity contribution in [2.24, 2.45) is 5.10 Å². The summed E-state index contributed by atoms with van der Waals surface area (Å²) >= 11 is 0. The van der Waals surface area contributed by atoms with Gasteiger partial charge in [0.15, 0.2) is 0 Å². The first kappa shape index (κ1) is 20.2. The van der Waals surface area contributed by atoms with E-state index in [4.69, 9.17) is 4.74 Å². The number of ether oxygens (including phenoxy) is 1. The quantitative estimate of drug-likeness (QED) is 0.339. The van der Waals surface area contributed by atoms with Gasteiger partial charge in [0.2, 0.25) is 0 Å². The molecule has 0 radical (unpaired) electrons. The van der Waals surface area contributed by atoms with Crippen molar-refractivity contribution in [1.82, 2.24) is 5.43 Å². The Morgan fingerprint density at radius 3 is 2.42 bits per heavy atom. The molecular formula is C26H22N2O3. The Kier molecular flexibility index (Phi) is 5.94. The number of amides is 1. The largest absolute Gasteiger partial charge is 0.507 e. The number of rotatable bonds is 6. The molecule has 4 rings (SSSR count). The molecule has 1 amide bonds. The van der Waals surface area contributed by atoms with Crippen LogP contribution in [0.1, 0.15) is 27.0 Å². The summed E-state index contributed by atoms with van der Waals surface area (Å²) in [5.41, 5.74) is 5.64. The summed E-state index contributed by atoms with van der Waals surface area (Å²) in [4.78, 5) is 12.5. The number of fused-ring (bicyclic) bond motifs is 1. The molecule has 0 aromatic heterocycles. The van der Waals surface area contributed by atoms with Crippen molar-refractivity contribution in [3.05, 3.63) is 107 Å². The van der Waals surface area contributed by atoms with E-state index < -0.39 is 5.91 Å². The van der Waals surface area contributed by atoms with Gasteiger partial charge < -0.3 is 9.84 Å². The van der Waals surface area contributed by atoms with Gasteiger partial charge in [-0.1, -0.05) is 66.2 Å². The average Bonchev–Trinajstić information content (AvgIpc) is 2.79. The summed E-state index contributed by atoms with van der Waals surface area (Å²) in [6.07, 6.45) is 1.53. The van der Waals surface area contributed by atoms with E-state index in [9.17, 15) is 9.90 Å². The van der Waals surface area contributed by atoms with Crippen molar-refractivity contribution in [3.8, 4) is 11.5 Å². The highest BCUT2D eigenvalue weighted by Gasteiger charge is 2.12. The maximum absolute atomic E-state index is 12.5. The molecule has 4 aromatic rings. The van der Waals surface area contributed by atoms with Crippen LogP contribution in [-0.2, 0) is 6.61 Å². The van der Waals surface area contributed by atoms with Crippen LogP contribution in [0.5, 0.6) is 11.5 Å². The number of para-hydroxylation sites is 1. The second kappa shape index (κ2) is 9.13. The zero-order valence-electron chi connectivity index (χ0n) is 17.1. The summed E-state index contributed by atoms with van der Waals surface area (Å²) in [5.74, 6) is 0.0837. The number of aryl methyl sites for hydroxylation is 1. The van der Waals surface area contributed by atoms with Crippen LogP contribution in [0.25, 0.3) is 10.8 Å². The van der Waals surface area contributed by atoms with E-state index in [1.54, 1.807) is 12.1 Å². The lowest BCUT2D eigenvalue weighted by molar-refractivity contribution is 0.0952. The van der Waals surface area contributed by atoms with Gasteiger partial charge in [0.05, 0.1) is 11.8 Å². The van der Waals surface area contributed by atoms with E-state index in [0.29, 0.717) is 12.4 Å². The van der Waals surface area contributed by atoms with Gasteiger partial charge in [0, 0.05) is 5.56 Å². The van der Waals surface area contributed by atoms with E-state index in [-0.39, 0.29) is 11.3 Å². The second-order valence-corrected chi connectivity index (χ2v) is 7.23. The highest BCUT2D eigenvalue weighted by Crippen LogP contribution is 2.25. The molecule has 0 aliphatic rings. The lowest BCUT2D eigenvalue weighted by Gasteiger charge is -2.09. The number of carbonyl (C=O) groups excluding carboxylic acids is 1. The minimum absolute atomic E-state index is 0.0896. The fourth-order valence-electron chi connectivity index (χ4n) is 3.19. The molecule has 0 heterocycles. The number of hydrazone groups is 1. The van der Waals surface area contributed by atoms with Gasteiger partial charge in [-0.15, -0.1) is 0 Å². The lowest BCUT2D eigenvalue weighted by atomic mass is 10.1. The Balaban J connectivity index is 1.45. The highest BCUT2D eigenvalue weighted by atomic mass is 16.5. The number of nitrogens with one attached hydrogen (secondary N) is 1. The monoisotopic (exact) mass is 410 g/mol. The molecule has 31 heavy (non-hydrogen) atoms. The smallest absolute Gasteiger partial charge is 0.275 e. The molecule has 4 aromatic carbocycles. The highest BCUT2D eigenvalue weighted by molar-refractivity contribution is 6.01. The number of hydrogen-bond donors (Lipinski definition) is 2. The molecule has 0 saturated carbocycles. The molecule has 0 saturated heterocycles. The summed E-state index contributed by atoms with van der Waals surface area (Å²) in [6, 6.07) is 26.4. The Morgan fingerprint density at radius 1 is 0.968 bits per heavy atom. The van der Waals surface area contributed by atoms with E-state index in [0.717, 1.165) is 21.9 Å². The zero-order valence-corrected chi connectivity index (χ0v) is 17.1. The third-order valence-corrected chi connectivity index (χ3v) is 4.91. The van der Waals surface area contributed by atoms with Crippen molar-refractivity contribution in [2.45, 2.75) is 13.5 Å². The number of phenolic OH excluding ortho intramolecular Hbond substituents is 1. The molecule has 0 atom stereocenters. The van der Waals surface area contributed by atoms with Gasteiger partial charge in [-0.25, -0.2) is 5.43 Å². The van der Waals surface area contributed by atoms with Gasteiger partial charge in [-0.3, -0.25) is 4.79 Å². The van der Waals surface area contributed by atoms with Gasteiger partial charge in [0.25, 0.3) is 5.91 Å². The SMILES string of the molecule is Cc1ccc(COc2ccccc2C=NNC(=O)c2cc3ccccc3cc2O)cc1. The van der Waals surface area contributed by atoms with E-state index in [2.05, 4.69) is 10.5 Å². The maximum atomic E-state index is 12.5. The summed E-state index contributed by atoms with van der Waals surface area (Å²) in [6.45, 7) is 2.48. The molecule has 0 unspecified atom stereocenters. The van der Waals surface area contributed by atoms with Crippen LogP contribution in [0, 0.1) is 6.92 Å². The molecule has 0 bridgehead atoms. The molecule has 0 spiro atoms.